The van der Waals surface area contributed by atoms with Crippen LogP contribution in [0.1, 0.15) is 24.3 Å². The summed E-state index contributed by atoms with van der Waals surface area (Å²) >= 11 is 0. The molecule has 1 heterocycles. The van der Waals surface area contributed by atoms with Gasteiger partial charge in [0.15, 0.2) is 0 Å². The van der Waals surface area contributed by atoms with E-state index in [1.54, 1.807) is 6.07 Å². The number of carboxylic acids is 1. The quantitative estimate of drug-likeness (QED) is 0.687. The maximum absolute atomic E-state index is 10.9. The number of carbonyl (C=O) groups is 2. The lowest BCUT2D eigenvalue weighted by Gasteiger charge is -2.22. The molecule has 4 N–H and O–H groups in total. The first-order valence-electron chi connectivity index (χ1n) is 4.60. The van der Waals surface area contributed by atoms with Crippen LogP contribution in [0, 0.1) is 0 Å². The second kappa shape index (κ2) is 4.18. The van der Waals surface area contributed by atoms with Crippen molar-refractivity contribution >= 4 is 17.6 Å². The molecule has 0 aliphatic heterocycles. The number of anilines is 1. The highest BCUT2D eigenvalue weighted by Crippen LogP contribution is 2.15. The second-order valence-corrected chi connectivity index (χ2v) is 3.85. The van der Waals surface area contributed by atoms with E-state index in [-0.39, 0.29) is 5.69 Å². The summed E-state index contributed by atoms with van der Waals surface area (Å²) < 4.78 is 0. The number of aromatic nitrogens is 1. The van der Waals surface area contributed by atoms with Crippen LogP contribution in [-0.2, 0) is 4.79 Å². The Balaban J connectivity index is 2.94. The van der Waals surface area contributed by atoms with Crippen molar-refractivity contribution in [1.29, 1.82) is 0 Å². The average Bonchev–Trinajstić information content (AvgIpc) is 2.17. The van der Waals surface area contributed by atoms with Crippen molar-refractivity contribution in [2.45, 2.75) is 19.4 Å². The van der Waals surface area contributed by atoms with Gasteiger partial charge in [0.05, 0.1) is 0 Å². The maximum Gasteiger partial charge on any atom is 0.328 e. The average molecular weight is 223 g/mol. The monoisotopic (exact) mass is 223 g/mol. The number of nitrogens with two attached hydrogens (primary N) is 1. The van der Waals surface area contributed by atoms with E-state index in [0.29, 0.717) is 5.69 Å². The molecule has 0 atom stereocenters. The zero-order valence-corrected chi connectivity index (χ0v) is 9.02. The van der Waals surface area contributed by atoms with Gasteiger partial charge in [0.2, 0.25) is 0 Å². The third-order valence-electron chi connectivity index (χ3n) is 2.00. The van der Waals surface area contributed by atoms with E-state index in [2.05, 4.69) is 10.3 Å². The van der Waals surface area contributed by atoms with Gasteiger partial charge in [-0.05, 0) is 26.0 Å². The predicted molar refractivity (Wildman–Crippen MR) is 58.1 cm³/mol. The van der Waals surface area contributed by atoms with Gasteiger partial charge < -0.3 is 16.2 Å². The molecule has 1 aromatic heterocycles. The van der Waals surface area contributed by atoms with E-state index in [9.17, 15) is 9.59 Å². The zero-order valence-electron chi connectivity index (χ0n) is 9.02. The molecule has 0 saturated carbocycles. The lowest BCUT2D eigenvalue weighted by atomic mass is 10.1. The fourth-order valence-corrected chi connectivity index (χ4v) is 1.06. The normalized spacial score (nSPS) is 10.9. The summed E-state index contributed by atoms with van der Waals surface area (Å²) in [4.78, 5) is 25.5. The van der Waals surface area contributed by atoms with Crippen LogP contribution in [0.5, 0.6) is 0 Å². The summed E-state index contributed by atoms with van der Waals surface area (Å²) in [6.45, 7) is 3.03. The summed E-state index contributed by atoms with van der Waals surface area (Å²) in [6.07, 6.45) is 1.39. The number of hydrogen-bond acceptors (Lipinski definition) is 4. The number of amides is 1. The van der Waals surface area contributed by atoms with E-state index < -0.39 is 17.4 Å². The SMILES string of the molecule is CC(C)(Nc1ccnc(C(N)=O)c1)C(=O)O. The Morgan fingerprint density at radius 1 is 1.50 bits per heavy atom. The number of nitrogens with zero attached hydrogens (tertiary/aromatic N) is 1. The molecule has 0 unspecified atom stereocenters. The van der Waals surface area contributed by atoms with E-state index in [1.165, 1.54) is 26.1 Å². The maximum atomic E-state index is 10.9. The summed E-state index contributed by atoms with van der Waals surface area (Å²) in [5.74, 6) is -1.65. The van der Waals surface area contributed by atoms with E-state index >= 15 is 0 Å². The van der Waals surface area contributed by atoms with Crippen LogP contribution in [-0.4, -0.2) is 27.5 Å². The van der Waals surface area contributed by atoms with Crippen molar-refractivity contribution in [3.8, 4) is 0 Å². The summed E-state index contributed by atoms with van der Waals surface area (Å²) in [5.41, 5.74) is 4.50. The molecular formula is C10H13N3O3. The standard InChI is InChI=1S/C10H13N3O3/c1-10(2,9(15)16)13-6-3-4-12-7(5-6)8(11)14/h3-5H,1-2H3,(H2,11,14)(H,12,13)(H,15,16). The Kier molecular flexibility index (Phi) is 3.12. The van der Waals surface area contributed by atoms with Gasteiger partial charge in [0, 0.05) is 11.9 Å². The molecule has 0 aliphatic rings. The number of rotatable bonds is 4. The van der Waals surface area contributed by atoms with Crippen molar-refractivity contribution in [3.05, 3.63) is 24.0 Å². The molecule has 0 bridgehead atoms. The zero-order chi connectivity index (χ0) is 12.3. The highest BCUT2D eigenvalue weighted by atomic mass is 16.4. The van der Waals surface area contributed by atoms with Gasteiger partial charge in [0.25, 0.3) is 5.91 Å². The molecule has 0 fully saturated rings. The molecule has 6 heteroatoms. The predicted octanol–water partition coefficient (Wildman–Crippen LogP) is 0.456. The number of aliphatic carboxylic acids is 1. The van der Waals surface area contributed by atoms with E-state index in [1.807, 2.05) is 0 Å². The molecular weight excluding hydrogens is 210 g/mol. The molecule has 16 heavy (non-hydrogen) atoms. The van der Waals surface area contributed by atoms with Gasteiger partial charge in [-0.25, -0.2) is 4.79 Å². The lowest BCUT2D eigenvalue weighted by molar-refractivity contribution is -0.141. The molecule has 1 aromatic rings. The molecule has 0 spiro atoms. The van der Waals surface area contributed by atoms with Crippen molar-refractivity contribution in [2.24, 2.45) is 5.73 Å². The van der Waals surface area contributed by atoms with E-state index in [4.69, 9.17) is 10.8 Å². The van der Waals surface area contributed by atoms with Crippen molar-refractivity contribution in [3.63, 3.8) is 0 Å². The number of carboxylic acid groups (broad SMARTS) is 1. The van der Waals surface area contributed by atoms with Crippen LogP contribution >= 0.6 is 0 Å². The minimum absolute atomic E-state index is 0.0891. The Hall–Kier alpha value is -2.11. The molecule has 1 rings (SSSR count). The second-order valence-electron chi connectivity index (χ2n) is 3.85. The van der Waals surface area contributed by atoms with Crippen LogP contribution in [0.3, 0.4) is 0 Å². The molecule has 0 saturated heterocycles. The topological polar surface area (TPSA) is 105 Å². The molecule has 0 aliphatic carbocycles. The first-order chi connectivity index (χ1) is 7.33. The van der Waals surface area contributed by atoms with Crippen LogP contribution in [0.25, 0.3) is 0 Å². The number of nitrogens with one attached hydrogen (secondary N) is 1. The minimum atomic E-state index is -1.13. The fraction of sp³-hybridized carbons (Fsp3) is 0.300. The summed E-state index contributed by atoms with van der Waals surface area (Å²) in [5, 5.41) is 11.7. The Bertz CT molecular complexity index is 429. The van der Waals surface area contributed by atoms with Gasteiger partial charge in [-0.1, -0.05) is 0 Å². The number of carbonyl (C=O) groups excluding carboxylic acids is 1. The summed E-state index contributed by atoms with van der Waals surface area (Å²) in [7, 11) is 0. The molecule has 0 aromatic carbocycles. The van der Waals surface area contributed by atoms with Gasteiger partial charge in [0.1, 0.15) is 11.2 Å². The summed E-state index contributed by atoms with van der Waals surface area (Å²) in [6, 6.07) is 2.98. The van der Waals surface area contributed by atoms with Gasteiger partial charge in [-0.15, -0.1) is 0 Å². The Morgan fingerprint density at radius 3 is 2.62 bits per heavy atom. The van der Waals surface area contributed by atoms with Crippen molar-refractivity contribution in [1.82, 2.24) is 4.98 Å². The number of primary amides is 1. The van der Waals surface area contributed by atoms with Gasteiger partial charge in [-0.2, -0.15) is 0 Å². The first-order valence-corrected chi connectivity index (χ1v) is 4.60. The molecule has 86 valence electrons. The largest absolute Gasteiger partial charge is 0.480 e. The molecule has 0 radical (unpaired) electrons. The van der Waals surface area contributed by atoms with Crippen LogP contribution in [0.4, 0.5) is 5.69 Å². The van der Waals surface area contributed by atoms with Gasteiger partial charge in [-0.3, -0.25) is 9.78 Å². The van der Waals surface area contributed by atoms with Crippen LogP contribution in [0.15, 0.2) is 18.3 Å². The Morgan fingerprint density at radius 2 is 2.12 bits per heavy atom. The van der Waals surface area contributed by atoms with Crippen LogP contribution in [0.2, 0.25) is 0 Å². The smallest absolute Gasteiger partial charge is 0.328 e. The highest BCUT2D eigenvalue weighted by Gasteiger charge is 2.26. The van der Waals surface area contributed by atoms with E-state index in [0.717, 1.165) is 0 Å². The third-order valence-corrected chi connectivity index (χ3v) is 2.00. The van der Waals surface area contributed by atoms with Gasteiger partial charge >= 0.3 is 5.97 Å². The Labute approximate surface area is 92.5 Å². The first kappa shape index (κ1) is 12.0. The van der Waals surface area contributed by atoms with Crippen molar-refractivity contribution in [2.75, 3.05) is 5.32 Å². The highest BCUT2D eigenvalue weighted by molar-refractivity contribution is 5.92. The lowest BCUT2D eigenvalue weighted by Crippen LogP contribution is -2.40. The molecule has 6 nitrogen and oxygen atoms in total. The van der Waals surface area contributed by atoms with Crippen LogP contribution < -0.4 is 11.1 Å². The number of hydrogen-bond donors (Lipinski definition) is 3. The fourth-order valence-electron chi connectivity index (χ4n) is 1.06. The molecule has 1 amide bonds. The number of pyridine rings is 1. The third kappa shape index (κ3) is 2.69. The minimum Gasteiger partial charge on any atom is -0.480 e. The van der Waals surface area contributed by atoms with Crippen molar-refractivity contribution < 1.29 is 14.7 Å².